The Morgan fingerprint density at radius 3 is 2.52 bits per heavy atom. The number of carbonyl (C=O) groups excluding carboxylic acids is 2. The minimum Gasteiger partial charge on any atom is -0.445 e. The molecule has 0 spiro atoms. The summed E-state index contributed by atoms with van der Waals surface area (Å²) in [5.74, 6) is -0.375. The highest BCUT2D eigenvalue weighted by Crippen LogP contribution is 2.25. The lowest BCUT2D eigenvalue weighted by Gasteiger charge is -2.23. The summed E-state index contributed by atoms with van der Waals surface area (Å²) in [6.45, 7) is 4.01. The molecule has 2 aromatic rings. The van der Waals surface area contributed by atoms with Gasteiger partial charge in [0, 0.05) is 10.2 Å². The summed E-state index contributed by atoms with van der Waals surface area (Å²) in [6, 6.07) is 13.7. The van der Waals surface area contributed by atoms with E-state index in [9.17, 15) is 9.59 Å². The Hall–Kier alpha value is -2.05. The second-order valence-corrected chi connectivity index (χ2v) is 7.45. The van der Waals surface area contributed by atoms with Crippen molar-refractivity contribution in [1.29, 1.82) is 0 Å². The lowest BCUT2D eigenvalue weighted by Crippen LogP contribution is -2.47. The molecular weight excluding hydrogens is 432 g/mol. The van der Waals surface area contributed by atoms with E-state index in [1.54, 1.807) is 18.2 Å². The zero-order valence-corrected chi connectivity index (χ0v) is 17.5. The summed E-state index contributed by atoms with van der Waals surface area (Å²) in [5, 5.41) is 6.03. The maximum Gasteiger partial charge on any atom is 0.408 e. The molecule has 2 aromatic carbocycles. The molecule has 0 aliphatic rings. The zero-order chi connectivity index (χ0) is 19.8. The number of anilines is 1. The Kier molecular flexibility index (Phi) is 8.13. The summed E-state index contributed by atoms with van der Waals surface area (Å²) in [7, 11) is 0. The average molecular weight is 454 g/mol. The quantitative estimate of drug-likeness (QED) is 0.591. The monoisotopic (exact) mass is 452 g/mol. The van der Waals surface area contributed by atoms with Crippen LogP contribution in [0.1, 0.15) is 25.8 Å². The number of rotatable bonds is 7. The number of halogens is 2. The second-order valence-electron chi connectivity index (χ2n) is 6.19. The topological polar surface area (TPSA) is 67.4 Å². The number of hydrogen-bond acceptors (Lipinski definition) is 3. The van der Waals surface area contributed by atoms with E-state index in [2.05, 4.69) is 26.6 Å². The number of nitrogens with one attached hydrogen (secondary N) is 2. The number of benzene rings is 2. The summed E-state index contributed by atoms with van der Waals surface area (Å²) in [6.07, 6.45) is 0.0954. The van der Waals surface area contributed by atoms with Gasteiger partial charge in [-0.2, -0.15) is 0 Å². The van der Waals surface area contributed by atoms with Crippen LogP contribution in [0.3, 0.4) is 0 Å². The smallest absolute Gasteiger partial charge is 0.408 e. The number of ether oxygens (including phenoxy) is 1. The first-order valence-corrected chi connectivity index (χ1v) is 9.81. The van der Waals surface area contributed by atoms with Crippen molar-refractivity contribution >= 4 is 45.2 Å². The van der Waals surface area contributed by atoms with E-state index in [0.29, 0.717) is 15.2 Å². The molecule has 0 radical (unpaired) electrons. The molecule has 2 amide bonds. The van der Waals surface area contributed by atoms with Gasteiger partial charge in [0.1, 0.15) is 12.6 Å². The van der Waals surface area contributed by atoms with Gasteiger partial charge in [-0.15, -0.1) is 0 Å². The number of alkyl carbamates (subject to hydrolysis) is 1. The molecular formula is C20H22BrClN2O3. The fourth-order valence-corrected chi connectivity index (χ4v) is 2.88. The molecule has 0 saturated carbocycles. The maximum atomic E-state index is 12.7. The van der Waals surface area contributed by atoms with Crippen molar-refractivity contribution in [3.63, 3.8) is 0 Å². The van der Waals surface area contributed by atoms with Gasteiger partial charge in [0.25, 0.3) is 0 Å². The highest BCUT2D eigenvalue weighted by atomic mass is 79.9. The van der Waals surface area contributed by atoms with Gasteiger partial charge in [0.05, 0.1) is 5.02 Å². The van der Waals surface area contributed by atoms with Crippen LogP contribution in [0.2, 0.25) is 5.02 Å². The largest absolute Gasteiger partial charge is 0.445 e. The summed E-state index contributed by atoms with van der Waals surface area (Å²) >= 11 is 9.30. The van der Waals surface area contributed by atoms with Crippen molar-refractivity contribution in [1.82, 2.24) is 5.32 Å². The maximum absolute atomic E-state index is 12.7. The van der Waals surface area contributed by atoms with Gasteiger partial charge in [-0.3, -0.25) is 4.79 Å². The van der Waals surface area contributed by atoms with Crippen LogP contribution in [0.4, 0.5) is 10.5 Å². The predicted octanol–water partition coefficient (Wildman–Crippen LogP) is 5.38. The predicted molar refractivity (Wildman–Crippen MR) is 111 cm³/mol. The van der Waals surface area contributed by atoms with E-state index in [1.165, 1.54) is 0 Å². The normalized spacial score (nSPS) is 12.7. The molecule has 0 heterocycles. The van der Waals surface area contributed by atoms with Crippen LogP contribution >= 0.6 is 27.5 Å². The Labute approximate surface area is 172 Å². The van der Waals surface area contributed by atoms with E-state index in [-0.39, 0.29) is 18.4 Å². The fraction of sp³-hybridized carbons (Fsp3) is 0.300. The molecule has 7 heteroatoms. The van der Waals surface area contributed by atoms with E-state index < -0.39 is 12.1 Å². The fourth-order valence-electron chi connectivity index (χ4n) is 2.39. The van der Waals surface area contributed by atoms with Gasteiger partial charge in [0.15, 0.2) is 0 Å². The SMILES string of the molecule is CC[C@@H](C)[C@@H](NC(=O)OCc1ccccc1)C(=O)Nc1ccc(Cl)c(Br)c1. The summed E-state index contributed by atoms with van der Waals surface area (Å²) in [5.41, 5.74) is 1.47. The van der Waals surface area contributed by atoms with Gasteiger partial charge < -0.3 is 15.4 Å². The van der Waals surface area contributed by atoms with E-state index in [4.69, 9.17) is 16.3 Å². The highest BCUT2D eigenvalue weighted by molar-refractivity contribution is 9.10. The highest BCUT2D eigenvalue weighted by Gasteiger charge is 2.26. The third-order valence-corrected chi connectivity index (χ3v) is 5.38. The van der Waals surface area contributed by atoms with Crippen LogP contribution < -0.4 is 10.6 Å². The van der Waals surface area contributed by atoms with Crippen molar-refractivity contribution in [2.75, 3.05) is 5.32 Å². The first-order chi connectivity index (χ1) is 12.9. The van der Waals surface area contributed by atoms with Crippen LogP contribution in [0.5, 0.6) is 0 Å². The van der Waals surface area contributed by atoms with Gasteiger partial charge in [-0.05, 0) is 45.6 Å². The number of carbonyl (C=O) groups is 2. The van der Waals surface area contributed by atoms with Gasteiger partial charge >= 0.3 is 6.09 Å². The van der Waals surface area contributed by atoms with Crippen LogP contribution in [0.15, 0.2) is 53.0 Å². The van der Waals surface area contributed by atoms with E-state index in [1.807, 2.05) is 44.2 Å². The number of amides is 2. The Balaban J connectivity index is 1.99. The first-order valence-electron chi connectivity index (χ1n) is 8.63. The molecule has 2 N–H and O–H groups in total. The van der Waals surface area contributed by atoms with Crippen molar-refractivity contribution in [2.45, 2.75) is 32.9 Å². The van der Waals surface area contributed by atoms with Crippen LogP contribution in [-0.2, 0) is 16.1 Å². The average Bonchev–Trinajstić information content (AvgIpc) is 2.67. The molecule has 27 heavy (non-hydrogen) atoms. The molecule has 2 rings (SSSR count). The standard InChI is InChI=1S/C20H22BrClN2O3/c1-3-13(2)18(19(25)23-15-9-10-17(22)16(21)11-15)24-20(26)27-12-14-7-5-4-6-8-14/h4-11,13,18H,3,12H2,1-2H3,(H,23,25)(H,24,26)/t13-,18-/m1/s1. The molecule has 0 aliphatic heterocycles. The molecule has 144 valence electrons. The van der Waals surface area contributed by atoms with Crippen LogP contribution in [0.25, 0.3) is 0 Å². The third kappa shape index (κ3) is 6.56. The minimum atomic E-state index is -0.715. The van der Waals surface area contributed by atoms with E-state index in [0.717, 1.165) is 12.0 Å². The lowest BCUT2D eigenvalue weighted by molar-refractivity contribution is -0.119. The Morgan fingerprint density at radius 1 is 1.19 bits per heavy atom. The molecule has 5 nitrogen and oxygen atoms in total. The molecule has 0 aliphatic carbocycles. The van der Waals surface area contributed by atoms with Crippen LogP contribution in [0, 0.1) is 5.92 Å². The second kappa shape index (κ2) is 10.3. The first kappa shape index (κ1) is 21.3. The van der Waals surface area contributed by atoms with Crippen molar-refractivity contribution in [3.8, 4) is 0 Å². The Bertz CT molecular complexity index is 786. The van der Waals surface area contributed by atoms with Gasteiger partial charge in [-0.25, -0.2) is 4.79 Å². The molecule has 0 unspecified atom stereocenters. The minimum absolute atomic E-state index is 0.0648. The zero-order valence-electron chi connectivity index (χ0n) is 15.2. The Morgan fingerprint density at radius 2 is 1.89 bits per heavy atom. The van der Waals surface area contributed by atoms with Crippen molar-refractivity contribution in [2.24, 2.45) is 5.92 Å². The molecule has 0 aromatic heterocycles. The van der Waals surface area contributed by atoms with E-state index >= 15 is 0 Å². The van der Waals surface area contributed by atoms with Gasteiger partial charge in [0.2, 0.25) is 5.91 Å². The number of hydrogen-bond donors (Lipinski definition) is 2. The molecule has 0 saturated heterocycles. The van der Waals surface area contributed by atoms with Crippen molar-refractivity contribution in [3.05, 3.63) is 63.6 Å². The van der Waals surface area contributed by atoms with Gasteiger partial charge in [-0.1, -0.05) is 62.2 Å². The summed E-state index contributed by atoms with van der Waals surface area (Å²) in [4.78, 5) is 24.9. The molecule has 0 fully saturated rings. The lowest BCUT2D eigenvalue weighted by atomic mass is 9.98. The third-order valence-electron chi connectivity index (χ3n) is 4.17. The van der Waals surface area contributed by atoms with Crippen LogP contribution in [-0.4, -0.2) is 18.0 Å². The molecule has 2 atom stereocenters. The molecule has 0 bridgehead atoms. The summed E-state index contributed by atoms with van der Waals surface area (Å²) < 4.78 is 5.91. The van der Waals surface area contributed by atoms with Crippen molar-refractivity contribution < 1.29 is 14.3 Å².